The molecule has 3 rings (SSSR count). The van der Waals surface area contributed by atoms with Crippen molar-refractivity contribution in [1.29, 1.82) is 0 Å². The molecule has 7 heteroatoms. The van der Waals surface area contributed by atoms with Crippen molar-refractivity contribution in [3.05, 3.63) is 52.0 Å². The Hall–Kier alpha value is -2.25. The van der Waals surface area contributed by atoms with Crippen molar-refractivity contribution >= 4 is 23.2 Å². The summed E-state index contributed by atoms with van der Waals surface area (Å²) in [5.74, 6) is -1.08. The van der Waals surface area contributed by atoms with Crippen LogP contribution in [0.3, 0.4) is 0 Å². The van der Waals surface area contributed by atoms with Crippen LogP contribution in [0.4, 0.5) is 0 Å². The van der Waals surface area contributed by atoms with Crippen molar-refractivity contribution in [2.45, 2.75) is 24.8 Å². The van der Waals surface area contributed by atoms with Gasteiger partial charge in [-0.3, -0.25) is 4.79 Å². The molecule has 0 bridgehead atoms. The standard InChI is InChI=1S/C17H18N2O4S/c20-14(11-12-1-3-13(4-2-12)15(21)22)19-17(5-8-23-9-6-17)16-18-7-10-24-16/h1-4,7,10H,5-6,8-9,11H2,(H,19,20)(H,21,22). The minimum atomic E-state index is -0.976. The quantitative estimate of drug-likeness (QED) is 0.866. The van der Waals surface area contributed by atoms with Gasteiger partial charge >= 0.3 is 5.97 Å². The third kappa shape index (κ3) is 3.63. The molecule has 0 spiro atoms. The van der Waals surface area contributed by atoms with Crippen molar-refractivity contribution < 1.29 is 19.4 Å². The fourth-order valence-corrected chi connectivity index (χ4v) is 3.69. The summed E-state index contributed by atoms with van der Waals surface area (Å²) in [4.78, 5) is 27.8. The highest BCUT2D eigenvalue weighted by molar-refractivity contribution is 7.09. The van der Waals surface area contributed by atoms with E-state index in [-0.39, 0.29) is 17.9 Å². The number of benzene rings is 1. The number of carbonyl (C=O) groups excluding carboxylic acids is 1. The lowest BCUT2D eigenvalue weighted by atomic mass is 9.90. The Kier molecular flexibility index (Phi) is 4.92. The molecule has 0 saturated carbocycles. The van der Waals surface area contributed by atoms with Gasteiger partial charge in [-0.1, -0.05) is 12.1 Å². The molecule has 1 fully saturated rings. The van der Waals surface area contributed by atoms with Gasteiger partial charge in [0.1, 0.15) is 5.01 Å². The number of nitrogens with zero attached hydrogens (tertiary/aromatic N) is 1. The molecule has 126 valence electrons. The van der Waals surface area contributed by atoms with Gasteiger partial charge in [0, 0.05) is 37.6 Å². The fraction of sp³-hybridized carbons (Fsp3) is 0.353. The molecular weight excluding hydrogens is 328 g/mol. The summed E-state index contributed by atoms with van der Waals surface area (Å²) in [5.41, 5.74) is 0.520. The van der Waals surface area contributed by atoms with Gasteiger partial charge in [-0.25, -0.2) is 9.78 Å². The Morgan fingerprint density at radius 2 is 1.96 bits per heavy atom. The van der Waals surface area contributed by atoms with Gasteiger partial charge < -0.3 is 15.2 Å². The van der Waals surface area contributed by atoms with Gasteiger partial charge in [0.25, 0.3) is 0 Å². The zero-order valence-electron chi connectivity index (χ0n) is 13.0. The van der Waals surface area contributed by atoms with E-state index >= 15 is 0 Å². The Labute approximate surface area is 143 Å². The summed E-state index contributed by atoms with van der Waals surface area (Å²) in [5, 5.41) is 14.9. The largest absolute Gasteiger partial charge is 0.478 e. The van der Waals surface area contributed by atoms with E-state index in [2.05, 4.69) is 10.3 Å². The molecule has 6 nitrogen and oxygen atoms in total. The molecule has 2 heterocycles. The number of aromatic carboxylic acids is 1. The highest BCUT2D eigenvalue weighted by atomic mass is 32.1. The van der Waals surface area contributed by atoms with Crippen molar-refractivity contribution in [1.82, 2.24) is 10.3 Å². The van der Waals surface area contributed by atoms with Crippen LogP contribution in [0.15, 0.2) is 35.8 Å². The number of hydrogen-bond donors (Lipinski definition) is 2. The number of nitrogens with one attached hydrogen (secondary N) is 1. The molecule has 1 aromatic heterocycles. The monoisotopic (exact) mass is 346 g/mol. The maximum Gasteiger partial charge on any atom is 0.335 e. The van der Waals surface area contributed by atoms with Crippen LogP contribution in [-0.2, 0) is 21.5 Å². The van der Waals surface area contributed by atoms with Gasteiger partial charge in [0.2, 0.25) is 5.91 Å². The van der Waals surface area contributed by atoms with Gasteiger partial charge in [-0.05, 0) is 17.7 Å². The molecule has 1 aliphatic heterocycles. The number of carboxylic acids is 1. The normalized spacial score (nSPS) is 16.5. The zero-order chi connectivity index (χ0) is 17.0. The first-order valence-corrected chi connectivity index (χ1v) is 8.58. The molecular formula is C17H18N2O4S. The first-order valence-electron chi connectivity index (χ1n) is 7.70. The van der Waals surface area contributed by atoms with Crippen molar-refractivity contribution in [3.8, 4) is 0 Å². The summed E-state index contributed by atoms with van der Waals surface area (Å²) in [7, 11) is 0. The van der Waals surface area contributed by atoms with E-state index in [0.717, 1.165) is 10.6 Å². The predicted molar refractivity (Wildman–Crippen MR) is 89.1 cm³/mol. The van der Waals surface area contributed by atoms with Crippen molar-refractivity contribution in [2.75, 3.05) is 13.2 Å². The first kappa shape index (κ1) is 16.6. The van der Waals surface area contributed by atoms with Gasteiger partial charge in [-0.2, -0.15) is 0 Å². The van der Waals surface area contributed by atoms with E-state index < -0.39 is 11.5 Å². The number of hydrogen-bond acceptors (Lipinski definition) is 5. The second kappa shape index (κ2) is 7.11. The van der Waals surface area contributed by atoms with E-state index in [1.807, 2.05) is 5.38 Å². The number of aromatic nitrogens is 1. The van der Waals surface area contributed by atoms with E-state index in [1.165, 1.54) is 23.5 Å². The number of carboxylic acid groups (broad SMARTS) is 1. The molecule has 2 N–H and O–H groups in total. The number of thiazole rings is 1. The third-order valence-corrected chi connectivity index (χ3v) is 5.11. The maximum atomic E-state index is 12.5. The minimum absolute atomic E-state index is 0.102. The summed E-state index contributed by atoms with van der Waals surface area (Å²) < 4.78 is 5.43. The highest BCUT2D eigenvalue weighted by Gasteiger charge is 2.38. The van der Waals surface area contributed by atoms with Crippen molar-refractivity contribution in [3.63, 3.8) is 0 Å². The van der Waals surface area contributed by atoms with E-state index in [4.69, 9.17) is 9.84 Å². The second-order valence-corrected chi connectivity index (χ2v) is 6.65. The molecule has 1 aliphatic rings. The number of amides is 1. The van der Waals surface area contributed by atoms with Crippen LogP contribution in [0.25, 0.3) is 0 Å². The topological polar surface area (TPSA) is 88.5 Å². The summed E-state index contributed by atoms with van der Waals surface area (Å²) in [6, 6.07) is 6.36. The van der Waals surface area contributed by atoms with Crippen LogP contribution in [0.2, 0.25) is 0 Å². The number of rotatable bonds is 5. The molecule has 0 aliphatic carbocycles. The van der Waals surface area contributed by atoms with E-state index in [9.17, 15) is 9.59 Å². The molecule has 0 unspecified atom stereocenters. The Balaban J connectivity index is 1.71. The van der Waals surface area contributed by atoms with Crippen LogP contribution in [0.1, 0.15) is 33.8 Å². The van der Waals surface area contributed by atoms with Crippen LogP contribution >= 0.6 is 11.3 Å². The maximum absolute atomic E-state index is 12.5. The van der Waals surface area contributed by atoms with Crippen LogP contribution < -0.4 is 5.32 Å². The SMILES string of the molecule is O=C(Cc1ccc(C(=O)O)cc1)NC1(c2nccs2)CCOCC1. The lowest BCUT2D eigenvalue weighted by Crippen LogP contribution is -2.49. The lowest BCUT2D eigenvalue weighted by molar-refractivity contribution is -0.123. The van der Waals surface area contributed by atoms with E-state index in [1.54, 1.807) is 18.3 Å². The average Bonchev–Trinajstić information content (AvgIpc) is 3.11. The van der Waals surface area contributed by atoms with Gasteiger partial charge in [-0.15, -0.1) is 11.3 Å². The average molecular weight is 346 g/mol. The first-order chi connectivity index (χ1) is 11.6. The Morgan fingerprint density at radius 1 is 1.25 bits per heavy atom. The smallest absolute Gasteiger partial charge is 0.335 e. The summed E-state index contributed by atoms with van der Waals surface area (Å²) in [6.45, 7) is 1.18. The summed E-state index contributed by atoms with van der Waals surface area (Å²) >= 11 is 1.54. The molecule has 0 radical (unpaired) electrons. The molecule has 24 heavy (non-hydrogen) atoms. The van der Waals surface area contributed by atoms with Gasteiger partial charge in [0.05, 0.1) is 17.5 Å². The molecule has 1 saturated heterocycles. The summed E-state index contributed by atoms with van der Waals surface area (Å²) in [6.07, 6.45) is 3.34. The molecule has 1 aromatic carbocycles. The molecule has 2 aromatic rings. The Morgan fingerprint density at radius 3 is 2.54 bits per heavy atom. The van der Waals surface area contributed by atoms with Crippen molar-refractivity contribution in [2.24, 2.45) is 0 Å². The lowest BCUT2D eigenvalue weighted by Gasteiger charge is -2.36. The van der Waals surface area contributed by atoms with E-state index in [0.29, 0.717) is 26.1 Å². The molecule has 0 atom stereocenters. The second-order valence-electron chi connectivity index (χ2n) is 5.76. The number of ether oxygens (including phenoxy) is 1. The fourth-order valence-electron chi connectivity index (χ4n) is 2.83. The molecule has 1 amide bonds. The highest BCUT2D eigenvalue weighted by Crippen LogP contribution is 2.33. The van der Waals surface area contributed by atoms with Gasteiger partial charge in [0.15, 0.2) is 0 Å². The minimum Gasteiger partial charge on any atom is -0.478 e. The van der Waals surface area contributed by atoms with Crippen LogP contribution in [-0.4, -0.2) is 35.2 Å². The van der Waals surface area contributed by atoms with Crippen LogP contribution in [0.5, 0.6) is 0 Å². The third-order valence-electron chi connectivity index (χ3n) is 4.13. The zero-order valence-corrected chi connectivity index (χ0v) is 13.8. The predicted octanol–water partition coefficient (Wildman–Crippen LogP) is 2.21. The Bertz CT molecular complexity index is 707. The van der Waals surface area contributed by atoms with Crippen LogP contribution in [0, 0.1) is 0 Å². The number of carbonyl (C=O) groups is 2.